The molecule has 0 amide bonds. The summed E-state index contributed by atoms with van der Waals surface area (Å²) in [6.45, 7) is -2.34. The fraction of sp³-hybridized carbons (Fsp3) is 0.300. The van der Waals surface area contributed by atoms with Gasteiger partial charge in [0.15, 0.2) is 5.78 Å². The van der Waals surface area contributed by atoms with E-state index in [1.54, 1.807) is 0 Å². The smallest absolute Gasteiger partial charge is 0.417 e. The van der Waals surface area contributed by atoms with Gasteiger partial charge in [-0.25, -0.2) is 0 Å². The maximum absolute atomic E-state index is 12.5. The van der Waals surface area contributed by atoms with Crippen molar-refractivity contribution in [3.8, 4) is 5.75 Å². The van der Waals surface area contributed by atoms with Crippen LogP contribution in [0.15, 0.2) is 12.1 Å². The molecule has 0 aliphatic carbocycles. The predicted octanol–water partition coefficient (Wildman–Crippen LogP) is 4.16. The van der Waals surface area contributed by atoms with Crippen molar-refractivity contribution in [2.75, 3.05) is 0 Å². The number of hydrogen-bond acceptors (Lipinski definition) is 2. The number of ketones is 1. The lowest BCUT2D eigenvalue weighted by molar-refractivity contribution is -0.137. The monoisotopic (exact) mass is 288 g/mol. The maximum Gasteiger partial charge on any atom is 0.417 e. The van der Waals surface area contributed by atoms with Gasteiger partial charge in [0.1, 0.15) is 5.75 Å². The third-order valence-electron chi connectivity index (χ3n) is 1.97. The van der Waals surface area contributed by atoms with Gasteiger partial charge in [0, 0.05) is 0 Å². The van der Waals surface area contributed by atoms with Crippen LogP contribution in [-0.2, 0) is 6.18 Å². The van der Waals surface area contributed by atoms with Crippen molar-refractivity contribution in [2.24, 2.45) is 0 Å². The van der Waals surface area contributed by atoms with E-state index >= 15 is 0 Å². The molecular weight excluding hydrogens is 283 g/mol. The van der Waals surface area contributed by atoms with E-state index in [2.05, 4.69) is 4.74 Å². The lowest BCUT2D eigenvalue weighted by atomic mass is 10.1. The molecule has 0 saturated carbocycles. The minimum atomic E-state index is -4.83. The molecule has 1 rings (SSSR count). The fourth-order valence-corrected chi connectivity index (χ4v) is 1.51. The van der Waals surface area contributed by atoms with E-state index in [9.17, 15) is 26.7 Å². The van der Waals surface area contributed by atoms with Gasteiger partial charge in [-0.3, -0.25) is 4.79 Å². The summed E-state index contributed by atoms with van der Waals surface area (Å²) in [5, 5.41) is -0.755. The second-order valence-corrected chi connectivity index (χ2v) is 3.67. The highest BCUT2D eigenvalue weighted by Gasteiger charge is 2.35. The molecule has 1 aromatic carbocycles. The van der Waals surface area contributed by atoms with Crippen LogP contribution in [0.5, 0.6) is 5.75 Å². The fourth-order valence-electron chi connectivity index (χ4n) is 1.24. The van der Waals surface area contributed by atoms with E-state index in [0.717, 1.165) is 6.92 Å². The number of ether oxygens (including phenoxy) is 1. The standard InChI is InChI=1S/C10H6ClF5O2/c1-4(17)5-2-7(11)6(10(14,15)16)3-8(5)18-9(12)13/h2-3,9H,1H3. The van der Waals surface area contributed by atoms with Gasteiger partial charge in [-0.15, -0.1) is 0 Å². The highest BCUT2D eigenvalue weighted by atomic mass is 35.5. The van der Waals surface area contributed by atoms with Crippen LogP contribution >= 0.6 is 11.6 Å². The third-order valence-corrected chi connectivity index (χ3v) is 2.28. The molecule has 0 spiro atoms. The van der Waals surface area contributed by atoms with Crippen molar-refractivity contribution in [2.45, 2.75) is 19.7 Å². The summed E-state index contributed by atoms with van der Waals surface area (Å²) in [7, 11) is 0. The molecule has 0 fully saturated rings. The zero-order valence-corrected chi connectivity index (χ0v) is 9.57. The number of benzene rings is 1. The molecule has 0 aromatic heterocycles. The van der Waals surface area contributed by atoms with E-state index in [4.69, 9.17) is 11.6 Å². The Morgan fingerprint density at radius 3 is 2.28 bits per heavy atom. The van der Waals surface area contributed by atoms with Crippen LogP contribution in [0.1, 0.15) is 22.8 Å². The molecule has 2 nitrogen and oxygen atoms in total. The molecular formula is C10H6ClF5O2. The molecule has 0 unspecified atom stereocenters. The second kappa shape index (κ2) is 5.09. The Hall–Kier alpha value is -1.37. The van der Waals surface area contributed by atoms with Crippen molar-refractivity contribution in [3.63, 3.8) is 0 Å². The summed E-state index contributed by atoms with van der Waals surface area (Å²) in [5.41, 5.74) is -1.78. The van der Waals surface area contributed by atoms with Gasteiger partial charge in [0.2, 0.25) is 0 Å². The average Bonchev–Trinajstić information content (AvgIpc) is 2.17. The number of Topliss-reactive ketones (excluding diaryl/α,β-unsaturated/α-hetero) is 1. The normalized spacial score (nSPS) is 11.8. The number of carbonyl (C=O) groups excluding carboxylic acids is 1. The highest BCUT2D eigenvalue weighted by Crippen LogP contribution is 2.39. The topological polar surface area (TPSA) is 26.3 Å². The lowest BCUT2D eigenvalue weighted by Gasteiger charge is -2.14. The molecule has 8 heteroatoms. The van der Waals surface area contributed by atoms with Gasteiger partial charge in [-0.05, 0) is 19.1 Å². The molecule has 0 N–H and O–H groups in total. The van der Waals surface area contributed by atoms with Gasteiger partial charge in [0.25, 0.3) is 0 Å². The Bertz CT molecular complexity index is 470. The summed E-state index contributed by atoms with van der Waals surface area (Å²) in [5.74, 6) is -1.59. The van der Waals surface area contributed by atoms with Crippen molar-refractivity contribution in [1.29, 1.82) is 0 Å². The minimum Gasteiger partial charge on any atom is -0.434 e. The number of halogens is 6. The molecule has 0 aliphatic heterocycles. The summed E-state index contributed by atoms with van der Waals surface area (Å²) in [6.07, 6.45) is -4.83. The van der Waals surface area contributed by atoms with Crippen LogP contribution in [0, 0.1) is 0 Å². The van der Waals surface area contributed by atoms with Gasteiger partial charge in [0.05, 0.1) is 16.1 Å². The van der Waals surface area contributed by atoms with Gasteiger partial charge in [-0.1, -0.05) is 11.6 Å². The van der Waals surface area contributed by atoms with Crippen molar-refractivity contribution >= 4 is 17.4 Å². The van der Waals surface area contributed by atoms with E-state index < -0.39 is 40.5 Å². The summed E-state index contributed by atoms with van der Waals surface area (Å²) in [4.78, 5) is 11.1. The van der Waals surface area contributed by atoms with Crippen LogP contribution in [0.2, 0.25) is 5.02 Å². The van der Waals surface area contributed by atoms with Crippen molar-refractivity contribution in [3.05, 3.63) is 28.3 Å². The Labute approximate surface area is 103 Å². The zero-order chi connectivity index (χ0) is 14.1. The third kappa shape index (κ3) is 3.32. The summed E-state index contributed by atoms with van der Waals surface area (Å²) < 4.78 is 65.4. The first-order valence-corrected chi connectivity index (χ1v) is 4.87. The Balaban J connectivity index is 3.40. The average molecular weight is 289 g/mol. The van der Waals surface area contributed by atoms with Gasteiger partial charge < -0.3 is 4.74 Å². The molecule has 100 valence electrons. The highest BCUT2D eigenvalue weighted by molar-refractivity contribution is 6.32. The van der Waals surface area contributed by atoms with E-state index in [1.165, 1.54) is 0 Å². The largest absolute Gasteiger partial charge is 0.434 e. The van der Waals surface area contributed by atoms with E-state index in [-0.39, 0.29) is 6.07 Å². The SMILES string of the molecule is CC(=O)c1cc(Cl)c(C(F)(F)F)cc1OC(F)F. The van der Waals surface area contributed by atoms with Crippen molar-refractivity contribution in [1.82, 2.24) is 0 Å². The Morgan fingerprint density at radius 1 is 1.33 bits per heavy atom. The van der Waals surface area contributed by atoms with Crippen LogP contribution in [-0.4, -0.2) is 12.4 Å². The number of rotatable bonds is 3. The minimum absolute atomic E-state index is 0.283. The molecule has 1 aromatic rings. The van der Waals surface area contributed by atoms with Crippen LogP contribution in [0.25, 0.3) is 0 Å². The number of alkyl halides is 5. The van der Waals surface area contributed by atoms with Crippen LogP contribution in [0.4, 0.5) is 22.0 Å². The number of hydrogen-bond donors (Lipinski definition) is 0. The molecule has 18 heavy (non-hydrogen) atoms. The second-order valence-electron chi connectivity index (χ2n) is 3.26. The first-order chi connectivity index (χ1) is 8.12. The molecule has 0 saturated heterocycles. The van der Waals surface area contributed by atoms with Crippen molar-refractivity contribution < 1.29 is 31.5 Å². The van der Waals surface area contributed by atoms with Crippen LogP contribution in [0.3, 0.4) is 0 Å². The molecule has 0 atom stereocenters. The number of carbonyl (C=O) groups is 1. The van der Waals surface area contributed by atoms with E-state index in [0.29, 0.717) is 6.07 Å². The molecule has 0 bridgehead atoms. The predicted molar refractivity (Wildman–Crippen MR) is 53.1 cm³/mol. The Kier molecular flexibility index (Phi) is 4.16. The zero-order valence-electron chi connectivity index (χ0n) is 8.82. The van der Waals surface area contributed by atoms with Gasteiger partial charge >= 0.3 is 12.8 Å². The summed E-state index contributed by atoms with van der Waals surface area (Å²) >= 11 is 5.35. The van der Waals surface area contributed by atoms with Crippen LogP contribution < -0.4 is 4.74 Å². The van der Waals surface area contributed by atoms with E-state index in [1.807, 2.05) is 0 Å². The van der Waals surface area contributed by atoms with Gasteiger partial charge in [-0.2, -0.15) is 22.0 Å². The first-order valence-electron chi connectivity index (χ1n) is 4.49. The summed E-state index contributed by atoms with van der Waals surface area (Å²) in [6, 6.07) is 0.940. The first kappa shape index (κ1) is 14.7. The lowest BCUT2D eigenvalue weighted by Crippen LogP contribution is -2.11. The quantitative estimate of drug-likeness (QED) is 0.616. The Morgan fingerprint density at radius 2 is 1.89 bits per heavy atom. The molecule has 0 radical (unpaired) electrons. The maximum atomic E-state index is 12.5. The molecule has 0 heterocycles. The molecule has 0 aliphatic rings.